The van der Waals surface area contributed by atoms with Crippen LogP contribution in [0.3, 0.4) is 0 Å². The maximum Gasteiger partial charge on any atom is 0.243 e. The van der Waals surface area contributed by atoms with E-state index in [0.29, 0.717) is 12.5 Å². The maximum atomic E-state index is 4.64. The Morgan fingerprint density at radius 1 is 1.07 bits per heavy atom. The van der Waals surface area contributed by atoms with Gasteiger partial charge in [0.25, 0.3) is 0 Å². The first-order chi connectivity index (χ1) is 13.8. The van der Waals surface area contributed by atoms with Crippen molar-refractivity contribution in [3.05, 3.63) is 47.9 Å². The van der Waals surface area contributed by atoms with Crippen molar-refractivity contribution in [1.82, 2.24) is 24.7 Å². The third kappa shape index (κ3) is 3.76. The number of anilines is 1. The molecule has 7 heteroatoms. The fourth-order valence-corrected chi connectivity index (χ4v) is 5.06. The minimum atomic E-state index is 0.537. The van der Waals surface area contributed by atoms with Gasteiger partial charge in [0, 0.05) is 24.1 Å². The van der Waals surface area contributed by atoms with Gasteiger partial charge < -0.3 is 9.88 Å². The molecule has 0 saturated heterocycles. The molecule has 0 unspecified atom stereocenters. The summed E-state index contributed by atoms with van der Waals surface area (Å²) < 4.78 is 2.20. The molecule has 0 radical (unpaired) electrons. The molecule has 1 aliphatic carbocycles. The van der Waals surface area contributed by atoms with E-state index in [-0.39, 0.29) is 0 Å². The average molecular weight is 393 g/mol. The Hall–Kier alpha value is -2.41. The maximum absolute atomic E-state index is 4.64. The highest BCUT2D eigenvalue weighted by molar-refractivity contribution is 7.99. The summed E-state index contributed by atoms with van der Waals surface area (Å²) in [7, 11) is 0. The molecular formula is C21H24N6S. The Kier molecular flexibility index (Phi) is 4.99. The first-order valence-corrected chi connectivity index (χ1v) is 11.1. The lowest BCUT2D eigenvalue weighted by Gasteiger charge is -2.22. The Balaban J connectivity index is 1.26. The number of benzene rings is 1. The monoisotopic (exact) mass is 392 g/mol. The Morgan fingerprint density at radius 3 is 2.75 bits per heavy atom. The number of imidazole rings is 1. The number of rotatable bonds is 5. The average Bonchev–Trinajstić information content (AvgIpc) is 3.35. The molecule has 1 aliphatic heterocycles. The summed E-state index contributed by atoms with van der Waals surface area (Å²) >= 11 is 1.80. The second-order valence-corrected chi connectivity index (χ2v) is 8.59. The van der Waals surface area contributed by atoms with Crippen LogP contribution in [0.2, 0.25) is 0 Å². The molecule has 1 aromatic carbocycles. The second kappa shape index (κ2) is 7.91. The van der Waals surface area contributed by atoms with Crippen LogP contribution in [-0.2, 0) is 13.1 Å². The van der Waals surface area contributed by atoms with E-state index in [1.165, 1.54) is 37.7 Å². The molecule has 2 aromatic heterocycles. The van der Waals surface area contributed by atoms with Gasteiger partial charge in [0.1, 0.15) is 0 Å². The van der Waals surface area contributed by atoms with Crippen LogP contribution in [0, 0.1) is 0 Å². The minimum absolute atomic E-state index is 0.537. The van der Waals surface area contributed by atoms with E-state index in [1.807, 2.05) is 0 Å². The highest BCUT2D eigenvalue weighted by Gasteiger charge is 2.16. The lowest BCUT2D eigenvalue weighted by atomic mass is 9.84. The van der Waals surface area contributed by atoms with E-state index < -0.39 is 0 Å². The Bertz CT molecular complexity index is 924. The van der Waals surface area contributed by atoms with Crippen LogP contribution in [0.4, 0.5) is 5.95 Å². The first kappa shape index (κ1) is 17.7. The molecule has 3 heterocycles. The van der Waals surface area contributed by atoms with Gasteiger partial charge in [0.15, 0.2) is 5.16 Å². The summed E-state index contributed by atoms with van der Waals surface area (Å²) in [6, 6.07) is 8.83. The number of fused-ring (bicyclic) bond motifs is 1. The molecule has 5 rings (SSSR count). The van der Waals surface area contributed by atoms with Gasteiger partial charge in [0.2, 0.25) is 5.95 Å². The predicted octanol–water partition coefficient (Wildman–Crippen LogP) is 4.50. The molecule has 0 atom stereocenters. The highest BCUT2D eigenvalue weighted by Crippen LogP contribution is 2.33. The zero-order chi connectivity index (χ0) is 18.8. The lowest BCUT2D eigenvalue weighted by Crippen LogP contribution is -2.06. The smallest absolute Gasteiger partial charge is 0.243 e. The highest BCUT2D eigenvalue weighted by atomic mass is 32.2. The zero-order valence-corrected chi connectivity index (χ0v) is 16.7. The number of aryl methyl sites for hydroxylation is 1. The standard InChI is InChI=1S/C21H24N6S/c1-2-4-15(5-3-1)16-6-8-17(9-7-16)19-13-23-26-20(25-19)22-12-18-14-27-10-11-28-21(27)24-18/h6-9,13-15H,1-5,10-12H2,(H,22,25,26). The summed E-state index contributed by atoms with van der Waals surface area (Å²) in [5.74, 6) is 2.37. The van der Waals surface area contributed by atoms with Gasteiger partial charge in [-0.2, -0.15) is 5.10 Å². The predicted molar refractivity (Wildman–Crippen MR) is 111 cm³/mol. The molecule has 144 valence electrons. The number of aromatic nitrogens is 5. The van der Waals surface area contributed by atoms with Crippen molar-refractivity contribution in [2.24, 2.45) is 0 Å². The Labute approximate surface area is 169 Å². The summed E-state index contributed by atoms with van der Waals surface area (Å²) in [4.78, 5) is 9.27. The van der Waals surface area contributed by atoms with E-state index in [4.69, 9.17) is 0 Å². The van der Waals surface area contributed by atoms with Gasteiger partial charge in [-0.15, -0.1) is 5.10 Å². The van der Waals surface area contributed by atoms with E-state index in [0.717, 1.165) is 40.3 Å². The van der Waals surface area contributed by atoms with E-state index in [9.17, 15) is 0 Å². The van der Waals surface area contributed by atoms with Gasteiger partial charge in [-0.3, -0.25) is 0 Å². The normalized spacial score (nSPS) is 16.9. The van der Waals surface area contributed by atoms with Crippen LogP contribution in [0.1, 0.15) is 49.3 Å². The van der Waals surface area contributed by atoms with Crippen molar-refractivity contribution >= 4 is 17.7 Å². The fourth-order valence-electron chi connectivity index (χ4n) is 4.10. The van der Waals surface area contributed by atoms with Gasteiger partial charge in [0.05, 0.1) is 24.1 Å². The van der Waals surface area contributed by atoms with Crippen LogP contribution in [0.25, 0.3) is 11.3 Å². The molecule has 1 fully saturated rings. The first-order valence-electron chi connectivity index (χ1n) is 10.1. The van der Waals surface area contributed by atoms with Gasteiger partial charge in [-0.1, -0.05) is 55.3 Å². The van der Waals surface area contributed by atoms with Crippen molar-refractivity contribution in [2.75, 3.05) is 11.1 Å². The number of nitrogens with zero attached hydrogens (tertiary/aromatic N) is 5. The summed E-state index contributed by atoms with van der Waals surface area (Å²) in [6.45, 7) is 1.64. The van der Waals surface area contributed by atoms with E-state index in [1.54, 1.807) is 18.0 Å². The third-order valence-electron chi connectivity index (χ3n) is 5.62. The zero-order valence-electron chi connectivity index (χ0n) is 15.8. The number of nitrogens with one attached hydrogen (secondary N) is 1. The van der Waals surface area contributed by atoms with Crippen molar-refractivity contribution < 1.29 is 0 Å². The fraction of sp³-hybridized carbons (Fsp3) is 0.429. The minimum Gasteiger partial charge on any atom is -0.347 e. The third-order valence-corrected chi connectivity index (χ3v) is 6.59. The molecule has 0 bridgehead atoms. The molecule has 28 heavy (non-hydrogen) atoms. The van der Waals surface area contributed by atoms with Gasteiger partial charge in [-0.25, -0.2) is 9.97 Å². The molecule has 0 spiro atoms. The van der Waals surface area contributed by atoms with Crippen molar-refractivity contribution in [1.29, 1.82) is 0 Å². The van der Waals surface area contributed by atoms with Crippen molar-refractivity contribution in [3.8, 4) is 11.3 Å². The molecule has 1 N–H and O–H groups in total. The molecule has 1 saturated carbocycles. The van der Waals surface area contributed by atoms with Gasteiger partial charge >= 0.3 is 0 Å². The lowest BCUT2D eigenvalue weighted by molar-refractivity contribution is 0.443. The number of hydrogen-bond acceptors (Lipinski definition) is 6. The van der Waals surface area contributed by atoms with Crippen LogP contribution < -0.4 is 5.32 Å². The molecule has 3 aromatic rings. The Morgan fingerprint density at radius 2 is 1.93 bits per heavy atom. The molecule has 0 amide bonds. The van der Waals surface area contributed by atoms with Crippen LogP contribution in [-0.4, -0.2) is 30.5 Å². The van der Waals surface area contributed by atoms with Crippen LogP contribution >= 0.6 is 11.8 Å². The van der Waals surface area contributed by atoms with Crippen molar-refractivity contribution in [2.45, 2.75) is 56.3 Å². The molecule has 2 aliphatic rings. The van der Waals surface area contributed by atoms with Crippen LogP contribution in [0.15, 0.2) is 41.8 Å². The quantitative estimate of drug-likeness (QED) is 0.689. The van der Waals surface area contributed by atoms with Gasteiger partial charge in [-0.05, 0) is 24.3 Å². The summed E-state index contributed by atoms with van der Waals surface area (Å²) in [6.07, 6.45) is 10.6. The van der Waals surface area contributed by atoms with Crippen LogP contribution in [0.5, 0.6) is 0 Å². The number of hydrogen-bond donors (Lipinski definition) is 1. The number of thioether (sulfide) groups is 1. The summed E-state index contributed by atoms with van der Waals surface area (Å²) in [5.41, 5.74) is 4.38. The summed E-state index contributed by atoms with van der Waals surface area (Å²) in [5, 5.41) is 12.6. The second-order valence-electron chi connectivity index (χ2n) is 7.53. The molecule has 6 nitrogen and oxygen atoms in total. The van der Waals surface area contributed by atoms with Crippen molar-refractivity contribution in [3.63, 3.8) is 0 Å². The molecular weight excluding hydrogens is 368 g/mol. The van der Waals surface area contributed by atoms with E-state index in [2.05, 4.69) is 60.5 Å². The largest absolute Gasteiger partial charge is 0.347 e. The topological polar surface area (TPSA) is 68.5 Å². The SMILES string of the molecule is c1cc(C2CCCCC2)ccc1-c1cnnc(NCc2cn3c(n2)SCC3)n1. The van der Waals surface area contributed by atoms with E-state index >= 15 is 0 Å².